The largest absolute Gasteiger partial charge is 0.456 e. The molecule has 1 aromatic heterocycles. The zero-order valence-electron chi connectivity index (χ0n) is 28.9. The molecule has 1 heterocycles. The summed E-state index contributed by atoms with van der Waals surface area (Å²) in [6, 6.07) is 70.5. The standard InChI is InChI=1S/C52H32O/c1-2-14-33(15-3-1)35-29-31-48-47(32-35)52-42(26-13-27-49(52)53-48)38-18-6-7-19-40(38)50-43-20-8-10-22-45(43)51(46-23-11-9-21-44(46)50)41-25-12-24-37-36-17-5-4-16-34(36)28-30-39(37)41/h1-32H. The first-order chi connectivity index (χ1) is 26.3. The van der Waals surface area contributed by atoms with E-state index in [1.54, 1.807) is 0 Å². The lowest BCUT2D eigenvalue weighted by molar-refractivity contribution is 0.669. The number of rotatable bonds is 4. The molecule has 0 saturated heterocycles. The van der Waals surface area contributed by atoms with E-state index in [9.17, 15) is 0 Å². The Bertz CT molecular complexity index is 3160. The van der Waals surface area contributed by atoms with Crippen LogP contribution in [0.25, 0.3) is 110 Å². The molecule has 0 fully saturated rings. The van der Waals surface area contributed by atoms with Crippen LogP contribution in [0.15, 0.2) is 199 Å². The van der Waals surface area contributed by atoms with Gasteiger partial charge < -0.3 is 4.42 Å². The molecular weight excluding hydrogens is 641 g/mol. The van der Waals surface area contributed by atoms with E-state index >= 15 is 0 Å². The maximum atomic E-state index is 6.52. The summed E-state index contributed by atoms with van der Waals surface area (Å²) in [5, 5.41) is 12.3. The third-order valence-electron chi connectivity index (χ3n) is 11.1. The highest BCUT2D eigenvalue weighted by molar-refractivity contribution is 6.26. The van der Waals surface area contributed by atoms with Crippen molar-refractivity contribution in [2.75, 3.05) is 0 Å². The van der Waals surface area contributed by atoms with E-state index in [1.807, 2.05) is 0 Å². The molecule has 11 aromatic rings. The van der Waals surface area contributed by atoms with Crippen LogP contribution in [0.5, 0.6) is 0 Å². The molecule has 0 saturated carbocycles. The van der Waals surface area contributed by atoms with E-state index < -0.39 is 0 Å². The first kappa shape index (κ1) is 29.7. The van der Waals surface area contributed by atoms with Crippen molar-refractivity contribution in [3.8, 4) is 44.5 Å². The molecule has 1 heteroatoms. The van der Waals surface area contributed by atoms with E-state index in [-0.39, 0.29) is 0 Å². The molecule has 0 unspecified atom stereocenters. The Kier molecular flexibility index (Phi) is 6.62. The quantitative estimate of drug-likeness (QED) is 0.134. The predicted molar refractivity (Wildman–Crippen MR) is 225 cm³/mol. The lowest BCUT2D eigenvalue weighted by Crippen LogP contribution is -1.93. The SMILES string of the molecule is c1ccc(-c2ccc3oc4cccc(-c5ccccc5-c5c6ccccc6c(-c6cccc7c6ccc6ccccc67)c6ccccc56)c4c3c2)cc1. The van der Waals surface area contributed by atoms with Gasteiger partial charge in [-0.25, -0.2) is 0 Å². The third-order valence-corrected chi connectivity index (χ3v) is 11.1. The van der Waals surface area contributed by atoms with Gasteiger partial charge in [-0.15, -0.1) is 0 Å². The fraction of sp³-hybridized carbons (Fsp3) is 0. The Morgan fingerprint density at radius 3 is 1.58 bits per heavy atom. The highest BCUT2D eigenvalue weighted by Gasteiger charge is 2.22. The summed E-state index contributed by atoms with van der Waals surface area (Å²) in [4.78, 5) is 0. The number of benzene rings is 10. The summed E-state index contributed by atoms with van der Waals surface area (Å²) in [5.74, 6) is 0. The second kappa shape index (κ2) is 11.8. The summed E-state index contributed by atoms with van der Waals surface area (Å²) >= 11 is 0. The van der Waals surface area contributed by atoms with Crippen LogP contribution in [0.2, 0.25) is 0 Å². The van der Waals surface area contributed by atoms with Crippen molar-refractivity contribution < 1.29 is 4.42 Å². The van der Waals surface area contributed by atoms with Crippen LogP contribution in [0.1, 0.15) is 0 Å². The fourth-order valence-electron chi connectivity index (χ4n) is 8.76. The van der Waals surface area contributed by atoms with Crippen molar-refractivity contribution in [3.05, 3.63) is 194 Å². The highest BCUT2D eigenvalue weighted by Crippen LogP contribution is 2.49. The second-order valence-electron chi connectivity index (χ2n) is 13.9. The monoisotopic (exact) mass is 672 g/mol. The highest BCUT2D eigenvalue weighted by atomic mass is 16.3. The van der Waals surface area contributed by atoms with Crippen LogP contribution in [0.4, 0.5) is 0 Å². The summed E-state index contributed by atoms with van der Waals surface area (Å²) in [5.41, 5.74) is 11.5. The van der Waals surface area contributed by atoms with Gasteiger partial charge in [0.05, 0.1) is 0 Å². The van der Waals surface area contributed by atoms with Gasteiger partial charge in [0.25, 0.3) is 0 Å². The van der Waals surface area contributed by atoms with Gasteiger partial charge in [0.1, 0.15) is 11.2 Å². The molecule has 0 spiro atoms. The molecular formula is C52H32O. The molecule has 0 aliphatic rings. The molecule has 0 atom stereocenters. The molecule has 1 nitrogen and oxygen atoms in total. The Morgan fingerprint density at radius 1 is 0.264 bits per heavy atom. The summed E-state index contributed by atoms with van der Waals surface area (Å²) in [6.07, 6.45) is 0. The first-order valence-corrected chi connectivity index (χ1v) is 18.3. The number of fused-ring (bicyclic) bond motifs is 8. The molecule has 0 aliphatic carbocycles. The van der Waals surface area contributed by atoms with Crippen LogP contribution in [-0.4, -0.2) is 0 Å². The Labute approximate surface area is 307 Å². The van der Waals surface area contributed by atoms with Crippen molar-refractivity contribution in [1.29, 1.82) is 0 Å². The minimum absolute atomic E-state index is 0.894. The summed E-state index contributed by atoms with van der Waals surface area (Å²) in [6.45, 7) is 0. The van der Waals surface area contributed by atoms with Gasteiger partial charge in [-0.1, -0.05) is 176 Å². The number of hydrogen-bond acceptors (Lipinski definition) is 1. The van der Waals surface area contributed by atoms with Crippen LogP contribution in [0.3, 0.4) is 0 Å². The van der Waals surface area contributed by atoms with Crippen LogP contribution in [0, 0.1) is 0 Å². The average molecular weight is 673 g/mol. The maximum absolute atomic E-state index is 6.52. The van der Waals surface area contributed by atoms with E-state index in [2.05, 4.69) is 194 Å². The van der Waals surface area contributed by atoms with Crippen LogP contribution >= 0.6 is 0 Å². The molecule has 0 amide bonds. The normalized spacial score (nSPS) is 11.8. The molecule has 10 aromatic carbocycles. The van der Waals surface area contributed by atoms with Crippen LogP contribution in [-0.2, 0) is 0 Å². The van der Waals surface area contributed by atoms with Crippen molar-refractivity contribution in [2.45, 2.75) is 0 Å². The van der Waals surface area contributed by atoms with E-state index in [1.165, 1.54) is 87.6 Å². The molecule has 246 valence electrons. The third kappa shape index (κ3) is 4.58. The molecule has 0 bridgehead atoms. The number of furan rings is 1. The van der Waals surface area contributed by atoms with E-state index in [0.29, 0.717) is 0 Å². The van der Waals surface area contributed by atoms with Crippen molar-refractivity contribution in [1.82, 2.24) is 0 Å². The molecule has 0 aliphatic heterocycles. The van der Waals surface area contributed by atoms with Crippen LogP contribution < -0.4 is 0 Å². The van der Waals surface area contributed by atoms with E-state index in [4.69, 9.17) is 4.42 Å². The zero-order valence-corrected chi connectivity index (χ0v) is 28.9. The van der Waals surface area contributed by atoms with Gasteiger partial charge in [0.15, 0.2) is 0 Å². The lowest BCUT2D eigenvalue weighted by atomic mass is 9.82. The fourth-order valence-corrected chi connectivity index (χ4v) is 8.76. The second-order valence-corrected chi connectivity index (χ2v) is 13.9. The molecule has 0 radical (unpaired) electrons. The van der Waals surface area contributed by atoms with Gasteiger partial charge in [-0.3, -0.25) is 0 Å². The summed E-state index contributed by atoms with van der Waals surface area (Å²) < 4.78 is 6.52. The van der Waals surface area contributed by atoms with E-state index in [0.717, 1.165) is 21.9 Å². The molecule has 0 N–H and O–H groups in total. The van der Waals surface area contributed by atoms with Gasteiger partial charge in [-0.05, 0) is 106 Å². The first-order valence-electron chi connectivity index (χ1n) is 18.3. The Balaban J connectivity index is 1.20. The Morgan fingerprint density at radius 2 is 0.830 bits per heavy atom. The Hall–Kier alpha value is -6.96. The van der Waals surface area contributed by atoms with Crippen molar-refractivity contribution in [2.24, 2.45) is 0 Å². The van der Waals surface area contributed by atoms with Gasteiger partial charge in [0.2, 0.25) is 0 Å². The molecule has 11 rings (SSSR count). The smallest absolute Gasteiger partial charge is 0.136 e. The number of hydrogen-bond donors (Lipinski definition) is 0. The minimum Gasteiger partial charge on any atom is -0.456 e. The maximum Gasteiger partial charge on any atom is 0.136 e. The minimum atomic E-state index is 0.894. The van der Waals surface area contributed by atoms with Crippen molar-refractivity contribution in [3.63, 3.8) is 0 Å². The zero-order chi connectivity index (χ0) is 34.9. The van der Waals surface area contributed by atoms with Gasteiger partial charge >= 0.3 is 0 Å². The predicted octanol–water partition coefficient (Wildman–Crippen LogP) is 14.9. The average Bonchev–Trinajstić information content (AvgIpc) is 3.61. The van der Waals surface area contributed by atoms with Crippen molar-refractivity contribution >= 4 is 65.0 Å². The topological polar surface area (TPSA) is 13.1 Å². The molecule has 53 heavy (non-hydrogen) atoms. The lowest BCUT2D eigenvalue weighted by Gasteiger charge is -2.21. The summed E-state index contributed by atoms with van der Waals surface area (Å²) in [7, 11) is 0. The van der Waals surface area contributed by atoms with Gasteiger partial charge in [-0.2, -0.15) is 0 Å². The van der Waals surface area contributed by atoms with Gasteiger partial charge in [0, 0.05) is 10.8 Å².